The van der Waals surface area contributed by atoms with Crippen LogP contribution in [0.25, 0.3) is 0 Å². The van der Waals surface area contributed by atoms with Crippen molar-refractivity contribution in [2.75, 3.05) is 7.11 Å². The fourth-order valence-corrected chi connectivity index (χ4v) is 2.00. The van der Waals surface area contributed by atoms with Gasteiger partial charge in [-0.2, -0.15) is 0 Å². The highest BCUT2D eigenvalue weighted by atomic mass is 16.5. The van der Waals surface area contributed by atoms with Crippen LogP contribution in [0, 0.1) is 0 Å². The maximum Gasteiger partial charge on any atom is 0.249 e. The Labute approximate surface area is 100 Å². The molecule has 1 aliphatic rings. The molecule has 2 heterocycles. The van der Waals surface area contributed by atoms with Gasteiger partial charge in [0.2, 0.25) is 5.91 Å². The summed E-state index contributed by atoms with van der Waals surface area (Å²) in [5.74, 6) is 1.71. The van der Waals surface area contributed by atoms with Crippen LogP contribution in [-0.4, -0.2) is 33.9 Å². The van der Waals surface area contributed by atoms with E-state index in [1.165, 1.54) is 7.11 Å². The largest absolute Gasteiger partial charge is 0.372 e. The Morgan fingerprint density at radius 2 is 2.24 bits per heavy atom. The molecule has 1 aromatic heterocycles. The van der Waals surface area contributed by atoms with Crippen LogP contribution in [0.4, 0.5) is 0 Å². The summed E-state index contributed by atoms with van der Waals surface area (Å²) >= 11 is 0. The van der Waals surface area contributed by atoms with Gasteiger partial charge in [-0.1, -0.05) is 0 Å². The van der Waals surface area contributed by atoms with E-state index >= 15 is 0 Å². The van der Waals surface area contributed by atoms with Gasteiger partial charge in [-0.05, 0) is 20.3 Å². The Kier molecular flexibility index (Phi) is 3.42. The van der Waals surface area contributed by atoms with Crippen LogP contribution in [0.15, 0.2) is 0 Å². The van der Waals surface area contributed by atoms with Crippen LogP contribution < -0.4 is 5.32 Å². The third kappa shape index (κ3) is 2.31. The first kappa shape index (κ1) is 12.0. The van der Waals surface area contributed by atoms with E-state index < -0.39 is 6.10 Å². The number of methoxy groups -OCH3 is 1. The summed E-state index contributed by atoms with van der Waals surface area (Å²) in [7, 11) is 1.52. The molecule has 0 saturated heterocycles. The SMILES string of the molecule is COC(C)C(=O)NC(C)c1nnc2n1CCC2. The lowest BCUT2D eigenvalue weighted by Gasteiger charge is -2.16. The van der Waals surface area contributed by atoms with Gasteiger partial charge in [0.15, 0.2) is 5.82 Å². The van der Waals surface area contributed by atoms with E-state index in [1.54, 1.807) is 6.92 Å². The van der Waals surface area contributed by atoms with E-state index in [1.807, 2.05) is 6.92 Å². The third-order valence-corrected chi connectivity index (χ3v) is 3.11. The van der Waals surface area contributed by atoms with Crippen molar-refractivity contribution in [3.05, 3.63) is 11.6 Å². The lowest BCUT2D eigenvalue weighted by atomic mass is 10.2. The standard InChI is InChI=1S/C11H18N4O2/c1-7(12-11(16)8(2)17-3)10-14-13-9-5-4-6-15(9)10/h7-8H,4-6H2,1-3H3,(H,12,16). The first-order valence-electron chi connectivity index (χ1n) is 5.88. The Morgan fingerprint density at radius 3 is 2.94 bits per heavy atom. The first-order valence-corrected chi connectivity index (χ1v) is 5.88. The van der Waals surface area contributed by atoms with Crippen LogP contribution in [0.5, 0.6) is 0 Å². The maximum absolute atomic E-state index is 11.7. The molecule has 1 aliphatic heterocycles. The van der Waals surface area contributed by atoms with Crippen LogP contribution in [-0.2, 0) is 22.5 Å². The van der Waals surface area contributed by atoms with Gasteiger partial charge in [-0.3, -0.25) is 4.79 Å². The number of carbonyl (C=O) groups excluding carboxylic acids is 1. The highest BCUT2D eigenvalue weighted by Gasteiger charge is 2.23. The molecule has 1 N–H and O–H groups in total. The van der Waals surface area contributed by atoms with Gasteiger partial charge in [0.05, 0.1) is 6.04 Å². The second kappa shape index (κ2) is 4.83. The van der Waals surface area contributed by atoms with Crippen LogP contribution in [0.2, 0.25) is 0 Å². The number of aryl methyl sites for hydroxylation is 1. The summed E-state index contributed by atoms with van der Waals surface area (Å²) in [5, 5.41) is 11.1. The molecule has 0 saturated carbocycles. The number of aromatic nitrogens is 3. The number of nitrogens with zero attached hydrogens (tertiary/aromatic N) is 3. The Hall–Kier alpha value is -1.43. The number of nitrogens with one attached hydrogen (secondary N) is 1. The zero-order chi connectivity index (χ0) is 12.4. The quantitative estimate of drug-likeness (QED) is 0.826. The van der Waals surface area contributed by atoms with Crippen molar-refractivity contribution in [2.24, 2.45) is 0 Å². The van der Waals surface area contributed by atoms with Crippen molar-refractivity contribution in [1.82, 2.24) is 20.1 Å². The average Bonchev–Trinajstić information content (AvgIpc) is 2.88. The van der Waals surface area contributed by atoms with E-state index in [-0.39, 0.29) is 11.9 Å². The fraction of sp³-hybridized carbons (Fsp3) is 0.727. The molecule has 0 radical (unpaired) electrons. The van der Waals surface area contributed by atoms with Gasteiger partial charge in [0.1, 0.15) is 11.9 Å². The summed E-state index contributed by atoms with van der Waals surface area (Å²) in [6, 6.07) is -0.139. The number of hydrogen-bond acceptors (Lipinski definition) is 4. The van der Waals surface area contributed by atoms with Crippen LogP contribution in [0.1, 0.15) is 38.0 Å². The molecular weight excluding hydrogens is 220 g/mol. The van der Waals surface area contributed by atoms with Gasteiger partial charge < -0.3 is 14.6 Å². The van der Waals surface area contributed by atoms with Gasteiger partial charge >= 0.3 is 0 Å². The van der Waals surface area contributed by atoms with E-state index in [2.05, 4.69) is 20.1 Å². The highest BCUT2D eigenvalue weighted by molar-refractivity contribution is 5.80. The number of ether oxygens (including phenoxy) is 1. The van der Waals surface area contributed by atoms with Crippen molar-refractivity contribution in [1.29, 1.82) is 0 Å². The Bertz CT molecular complexity index is 416. The molecule has 6 nitrogen and oxygen atoms in total. The van der Waals surface area contributed by atoms with Crippen LogP contribution >= 0.6 is 0 Å². The van der Waals surface area contributed by atoms with Crippen molar-refractivity contribution in [2.45, 2.75) is 45.4 Å². The zero-order valence-electron chi connectivity index (χ0n) is 10.4. The van der Waals surface area contributed by atoms with Crippen molar-refractivity contribution in [3.8, 4) is 0 Å². The molecule has 1 amide bonds. The second-order valence-corrected chi connectivity index (χ2v) is 4.34. The summed E-state index contributed by atoms with van der Waals surface area (Å²) < 4.78 is 7.05. The van der Waals surface area contributed by atoms with E-state index in [9.17, 15) is 4.79 Å². The summed E-state index contributed by atoms with van der Waals surface area (Å²) in [4.78, 5) is 11.7. The van der Waals surface area contributed by atoms with E-state index in [4.69, 9.17) is 4.74 Å². The monoisotopic (exact) mass is 238 g/mol. The third-order valence-electron chi connectivity index (χ3n) is 3.11. The topological polar surface area (TPSA) is 69.0 Å². The molecule has 0 aliphatic carbocycles. The number of hydrogen-bond donors (Lipinski definition) is 1. The molecule has 0 spiro atoms. The summed E-state index contributed by atoms with van der Waals surface area (Å²) in [5.41, 5.74) is 0. The molecule has 0 bridgehead atoms. The van der Waals surface area contributed by atoms with Gasteiger partial charge in [0, 0.05) is 20.1 Å². The van der Waals surface area contributed by atoms with Crippen molar-refractivity contribution < 1.29 is 9.53 Å². The zero-order valence-corrected chi connectivity index (χ0v) is 10.4. The first-order chi connectivity index (χ1) is 8.13. The molecule has 94 valence electrons. The lowest BCUT2D eigenvalue weighted by Crippen LogP contribution is -2.36. The Balaban J connectivity index is 2.05. The minimum Gasteiger partial charge on any atom is -0.372 e. The van der Waals surface area contributed by atoms with E-state index in [0.29, 0.717) is 0 Å². The summed E-state index contributed by atoms with van der Waals surface area (Å²) in [6.45, 7) is 4.57. The van der Waals surface area contributed by atoms with Crippen LogP contribution in [0.3, 0.4) is 0 Å². The number of fused-ring (bicyclic) bond motifs is 1. The van der Waals surface area contributed by atoms with Gasteiger partial charge in [-0.15, -0.1) is 10.2 Å². The van der Waals surface area contributed by atoms with Crippen molar-refractivity contribution >= 4 is 5.91 Å². The predicted molar refractivity (Wildman–Crippen MR) is 61.4 cm³/mol. The smallest absolute Gasteiger partial charge is 0.249 e. The molecule has 0 fully saturated rings. The van der Waals surface area contributed by atoms with Crippen molar-refractivity contribution in [3.63, 3.8) is 0 Å². The second-order valence-electron chi connectivity index (χ2n) is 4.34. The maximum atomic E-state index is 11.7. The number of rotatable bonds is 4. The van der Waals surface area contributed by atoms with E-state index in [0.717, 1.165) is 31.0 Å². The molecule has 17 heavy (non-hydrogen) atoms. The minimum absolute atomic E-state index is 0.129. The average molecular weight is 238 g/mol. The summed E-state index contributed by atoms with van der Waals surface area (Å²) in [6.07, 6.45) is 1.63. The molecular formula is C11H18N4O2. The fourth-order valence-electron chi connectivity index (χ4n) is 2.00. The number of carbonyl (C=O) groups is 1. The minimum atomic E-state index is -0.446. The number of amides is 1. The normalized spacial score (nSPS) is 17.6. The molecule has 1 aromatic rings. The van der Waals surface area contributed by atoms with Gasteiger partial charge in [-0.25, -0.2) is 0 Å². The molecule has 2 rings (SSSR count). The Morgan fingerprint density at radius 1 is 1.47 bits per heavy atom. The highest BCUT2D eigenvalue weighted by Crippen LogP contribution is 2.18. The molecule has 6 heteroatoms. The molecule has 2 unspecified atom stereocenters. The molecule has 0 aromatic carbocycles. The predicted octanol–water partition coefficient (Wildman–Crippen LogP) is 0.436. The van der Waals surface area contributed by atoms with Gasteiger partial charge in [0.25, 0.3) is 0 Å². The lowest BCUT2D eigenvalue weighted by molar-refractivity contribution is -0.130. The molecule has 2 atom stereocenters.